The number of imidazole rings is 1. The van der Waals surface area contributed by atoms with Gasteiger partial charge in [0.25, 0.3) is 0 Å². The first kappa shape index (κ1) is 35.5. The normalized spacial score (nSPS) is 13.5. The van der Waals surface area contributed by atoms with Gasteiger partial charge in [0.05, 0.1) is 23.3 Å². The number of amides is 3. The molecule has 254 valence electrons. The molecule has 1 heterocycles. The van der Waals surface area contributed by atoms with Crippen LogP contribution in [-0.4, -0.2) is 56.2 Å². The summed E-state index contributed by atoms with van der Waals surface area (Å²) < 4.78 is 31.7. The summed E-state index contributed by atoms with van der Waals surface area (Å²) in [5.41, 5.74) is -0.296. The molecule has 0 unspecified atom stereocenters. The lowest BCUT2D eigenvalue weighted by molar-refractivity contribution is -0.119. The van der Waals surface area contributed by atoms with Crippen LogP contribution in [0.1, 0.15) is 77.8 Å². The van der Waals surface area contributed by atoms with E-state index >= 15 is 4.39 Å². The first-order chi connectivity index (χ1) is 22.4. The van der Waals surface area contributed by atoms with Crippen LogP contribution in [-0.2, 0) is 25.5 Å². The molecule has 1 aliphatic carbocycles. The number of carbonyl (C=O) groups is 3. The maximum Gasteiger partial charge on any atom is 0.410 e. The van der Waals surface area contributed by atoms with Crippen molar-refractivity contribution in [3.63, 3.8) is 0 Å². The zero-order valence-corrected chi connectivity index (χ0v) is 28.2. The number of hydrogen-bond donors (Lipinski definition) is 3. The number of H-pyrrole nitrogens is 1. The number of anilines is 1. The highest BCUT2D eigenvalue weighted by atomic mass is 19.1. The zero-order chi connectivity index (χ0) is 35.4. The van der Waals surface area contributed by atoms with Crippen molar-refractivity contribution in [2.24, 2.45) is 0 Å². The fourth-order valence-electron chi connectivity index (χ4n) is 4.58. The molecular weight excluding hydrogens is 617 g/mol. The number of fused-ring (bicyclic) bond motifs is 1. The standard InChI is InChI=1S/C36H42FN5O6/c1-10-11-18-42(33(45)48-35(7,8)9)21-30-38-28-15-13-25(20-29(28)39-30)23(3)46-22(2)24-12-14-27(26(37)19-24)40-31(43)36(16-17-36)41-32(44)47-34(4,5)6/h1,12-15,19-20H,2-3,11,16-18,21H2,4-9H3,(H,38,39)(H,40,43)(H,41,44). The number of aromatic amines is 1. The second-order valence-corrected chi connectivity index (χ2v) is 13.6. The lowest BCUT2D eigenvalue weighted by Gasteiger charge is -2.26. The summed E-state index contributed by atoms with van der Waals surface area (Å²) in [6.45, 7) is 18.9. The molecule has 4 rings (SSSR count). The number of rotatable bonds is 11. The average Bonchev–Trinajstić information content (AvgIpc) is 3.63. The minimum Gasteiger partial charge on any atom is -0.457 e. The Labute approximate surface area is 279 Å². The van der Waals surface area contributed by atoms with E-state index in [2.05, 4.69) is 39.7 Å². The van der Waals surface area contributed by atoms with Gasteiger partial charge < -0.3 is 29.8 Å². The molecule has 1 aliphatic rings. The van der Waals surface area contributed by atoms with Gasteiger partial charge in [0.15, 0.2) is 0 Å². The Morgan fingerprint density at radius 2 is 1.65 bits per heavy atom. The molecule has 0 saturated heterocycles. The first-order valence-corrected chi connectivity index (χ1v) is 15.5. The maximum absolute atomic E-state index is 15.1. The van der Waals surface area contributed by atoms with Crippen molar-refractivity contribution in [3.8, 4) is 12.3 Å². The molecule has 1 fully saturated rings. The number of benzene rings is 2. The Morgan fingerprint density at radius 3 is 2.23 bits per heavy atom. The van der Waals surface area contributed by atoms with Crippen LogP contribution in [0.5, 0.6) is 0 Å². The Balaban J connectivity index is 1.39. The van der Waals surface area contributed by atoms with E-state index < -0.39 is 40.7 Å². The van der Waals surface area contributed by atoms with Gasteiger partial charge >= 0.3 is 12.2 Å². The molecule has 2 aromatic carbocycles. The zero-order valence-electron chi connectivity index (χ0n) is 28.2. The predicted molar refractivity (Wildman–Crippen MR) is 182 cm³/mol. The van der Waals surface area contributed by atoms with Crippen LogP contribution >= 0.6 is 0 Å². The van der Waals surface area contributed by atoms with Crippen molar-refractivity contribution in [3.05, 3.63) is 72.3 Å². The molecular formula is C36H42FN5O6. The highest BCUT2D eigenvalue weighted by Gasteiger charge is 2.52. The van der Waals surface area contributed by atoms with Gasteiger partial charge in [0.1, 0.15) is 39.9 Å². The smallest absolute Gasteiger partial charge is 0.410 e. The number of ether oxygens (including phenoxy) is 3. The van der Waals surface area contributed by atoms with Crippen LogP contribution in [0.3, 0.4) is 0 Å². The number of alkyl carbamates (subject to hydrolysis) is 1. The lowest BCUT2D eigenvalue weighted by Crippen LogP contribution is -2.48. The lowest BCUT2D eigenvalue weighted by atomic mass is 10.1. The molecule has 48 heavy (non-hydrogen) atoms. The van der Waals surface area contributed by atoms with Crippen molar-refractivity contribution in [2.45, 2.75) is 84.1 Å². The second-order valence-electron chi connectivity index (χ2n) is 13.6. The van der Waals surface area contributed by atoms with Crippen LogP contribution in [0.15, 0.2) is 49.6 Å². The predicted octanol–water partition coefficient (Wildman–Crippen LogP) is 7.12. The fourth-order valence-corrected chi connectivity index (χ4v) is 4.58. The SMILES string of the molecule is C#CCCN(Cc1nc2ccc(C(=C)OC(=C)c3ccc(NC(=O)C4(NC(=O)OC(C)(C)C)CC4)c(F)c3)cc2[nH]1)C(=O)OC(C)(C)C. The molecule has 3 N–H and O–H groups in total. The summed E-state index contributed by atoms with van der Waals surface area (Å²) >= 11 is 0. The number of nitrogens with one attached hydrogen (secondary N) is 3. The molecule has 0 aliphatic heterocycles. The van der Waals surface area contributed by atoms with E-state index in [4.69, 9.17) is 20.6 Å². The van der Waals surface area contributed by atoms with E-state index in [0.717, 1.165) is 0 Å². The van der Waals surface area contributed by atoms with Gasteiger partial charge in [-0.15, -0.1) is 12.3 Å². The molecule has 3 amide bonds. The average molecular weight is 660 g/mol. The van der Waals surface area contributed by atoms with Gasteiger partial charge in [-0.05, 0) is 90.8 Å². The summed E-state index contributed by atoms with van der Waals surface area (Å²) in [5, 5.41) is 5.15. The van der Waals surface area contributed by atoms with Crippen molar-refractivity contribution < 1.29 is 33.0 Å². The Bertz CT molecular complexity index is 1790. The van der Waals surface area contributed by atoms with Crippen molar-refractivity contribution >= 4 is 46.3 Å². The minimum atomic E-state index is -1.14. The van der Waals surface area contributed by atoms with Gasteiger partial charge in [-0.25, -0.2) is 19.0 Å². The largest absolute Gasteiger partial charge is 0.457 e. The van der Waals surface area contributed by atoms with Gasteiger partial charge in [-0.2, -0.15) is 0 Å². The molecule has 0 bridgehead atoms. The maximum atomic E-state index is 15.1. The third kappa shape index (κ3) is 9.37. The highest BCUT2D eigenvalue weighted by molar-refractivity contribution is 6.02. The molecule has 11 nitrogen and oxygen atoms in total. The summed E-state index contributed by atoms with van der Waals surface area (Å²) in [6, 6.07) is 9.47. The minimum absolute atomic E-state index is 0.0577. The fraction of sp³-hybridized carbons (Fsp3) is 0.389. The van der Waals surface area contributed by atoms with Gasteiger partial charge in [0.2, 0.25) is 5.91 Å². The van der Waals surface area contributed by atoms with Crippen molar-refractivity contribution in [1.82, 2.24) is 20.2 Å². The molecule has 12 heteroatoms. The number of carbonyl (C=O) groups excluding carboxylic acids is 3. The molecule has 1 saturated carbocycles. The third-order valence-corrected chi connectivity index (χ3v) is 7.08. The summed E-state index contributed by atoms with van der Waals surface area (Å²) in [4.78, 5) is 47.2. The monoisotopic (exact) mass is 659 g/mol. The van der Waals surface area contributed by atoms with Crippen molar-refractivity contribution in [2.75, 3.05) is 11.9 Å². The van der Waals surface area contributed by atoms with Crippen LogP contribution < -0.4 is 10.6 Å². The molecule has 1 aromatic heterocycles. The third-order valence-electron chi connectivity index (χ3n) is 7.08. The molecule has 3 aromatic rings. The summed E-state index contributed by atoms with van der Waals surface area (Å²) in [7, 11) is 0. The summed E-state index contributed by atoms with van der Waals surface area (Å²) in [6.07, 6.45) is 5.40. The molecule has 0 spiro atoms. The summed E-state index contributed by atoms with van der Waals surface area (Å²) in [5.74, 6) is 2.22. The van der Waals surface area contributed by atoms with E-state index in [1.54, 1.807) is 65.8 Å². The highest BCUT2D eigenvalue weighted by Crippen LogP contribution is 2.37. The van der Waals surface area contributed by atoms with Gasteiger partial charge in [-0.3, -0.25) is 9.69 Å². The van der Waals surface area contributed by atoms with Gasteiger partial charge in [0, 0.05) is 24.1 Å². The second kappa shape index (κ2) is 13.8. The van der Waals surface area contributed by atoms with Crippen molar-refractivity contribution in [1.29, 1.82) is 0 Å². The number of terminal acetylenes is 1. The van der Waals surface area contributed by atoms with Crippen LogP contribution in [0.25, 0.3) is 22.6 Å². The number of halogens is 1. The van der Waals surface area contributed by atoms with E-state index in [-0.39, 0.29) is 23.8 Å². The quantitative estimate of drug-likeness (QED) is 0.147. The molecule has 0 atom stereocenters. The van der Waals surface area contributed by atoms with Gasteiger partial charge in [-0.1, -0.05) is 13.2 Å². The van der Waals surface area contributed by atoms with Crippen LogP contribution in [0.2, 0.25) is 0 Å². The van der Waals surface area contributed by atoms with E-state index in [1.807, 2.05) is 0 Å². The first-order valence-electron chi connectivity index (χ1n) is 15.5. The number of hydrogen-bond acceptors (Lipinski definition) is 7. The number of nitrogens with zero attached hydrogens (tertiary/aromatic N) is 2. The molecule has 0 radical (unpaired) electrons. The van der Waals surface area contributed by atoms with Crippen LogP contribution in [0.4, 0.5) is 19.7 Å². The Hall–Kier alpha value is -5.31. The Morgan fingerprint density at radius 1 is 1.02 bits per heavy atom. The number of aromatic nitrogens is 2. The van der Waals surface area contributed by atoms with Crippen LogP contribution in [0, 0.1) is 18.2 Å². The van der Waals surface area contributed by atoms with E-state index in [0.29, 0.717) is 53.8 Å². The van der Waals surface area contributed by atoms with E-state index in [1.165, 1.54) is 17.0 Å². The Kier molecular flexibility index (Phi) is 10.2. The van der Waals surface area contributed by atoms with E-state index in [9.17, 15) is 14.4 Å². The topological polar surface area (TPSA) is 135 Å².